The van der Waals surface area contributed by atoms with Crippen molar-refractivity contribution < 1.29 is 4.42 Å². The van der Waals surface area contributed by atoms with Crippen LogP contribution in [0.5, 0.6) is 0 Å². The number of hydrogen-bond acceptors (Lipinski definition) is 4. The van der Waals surface area contributed by atoms with Gasteiger partial charge in [-0.15, -0.1) is 0 Å². The smallest absolute Gasteiger partial charge is 0.118 e. The molecule has 4 nitrogen and oxygen atoms in total. The molecular weight excluding hydrogens is 274 g/mol. The fourth-order valence-corrected chi connectivity index (χ4v) is 2.55. The molecule has 2 aromatic rings. The van der Waals surface area contributed by atoms with E-state index < -0.39 is 0 Å². The molecule has 0 aromatic carbocycles. The van der Waals surface area contributed by atoms with Gasteiger partial charge in [0.25, 0.3) is 0 Å². The molecule has 0 saturated heterocycles. The van der Waals surface area contributed by atoms with Gasteiger partial charge in [0, 0.05) is 25.8 Å². The van der Waals surface area contributed by atoms with Crippen molar-refractivity contribution >= 4 is 0 Å². The van der Waals surface area contributed by atoms with Crippen molar-refractivity contribution in [2.45, 2.75) is 33.9 Å². The van der Waals surface area contributed by atoms with Crippen molar-refractivity contribution in [3.05, 3.63) is 53.7 Å². The highest BCUT2D eigenvalue weighted by Crippen LogP contribution is 2.12. The van der Waals surface area contributed by atoms with Gasteiger partial charge in [0.2, 0.25) is 0 Å². The summed E-state index contributed by atoms with van der Waals surface area (Å²) in [5.74, 6) is 1.99. The van der Waals surface area contributed by atoms with Gasteiger partial charge >= 0.3 is 0 Å². The second-order valence-electron chi connectivity index (χ2n) is 5.57. The zero-order valence-corrected chi connectivity index (χ0v) is 14.0. The number of nitrogens with zero attached hydrogens (tertiary/aromatic N) is 3. The molecule has 22 heavy (non-hydrogen) atoms. The highest BCUT2D eigenvalue weighted by Gasteiger charge is 2.11. The van der Waals surface area contributed by atoms with Crippen LogP contribution < -0.4 is 0 Å². The van der Waals surface area contributed by atoms with Crippen molar-refractivity contribution in [1.29, 1.82) is 0 Å². The Balaban J connectivity index is 1.99. The number of hydrogen-bond donors (Lipinski definition) is 0. The third-order valence-corrected chi connectivity index (χ3v) is 3.91. The molecule has 0 atom stereocenters. The summed E-state index contributed by atoms with van der Waals surface area (Å²) >= 11 is 0. The summed E-state index contributed by atoms with van der Waals surface area (Å²) in [7, 11) is 0. The molecule has 0 aliphatic rings. The fraction of sp³-hybridized carbons (Fsp3) is 0.500. The van der Waals surface area contributed by atoms with Gasteiger partial charge in [-0.1, -0.05) is 19.9 Å². The highest BCUT2D eigenvalue weighted by atomic mass is 16.3. The molecule has 0 aliphatic carbocycles. The average molecular weight is 301 g/mol. The largest absolute Gasteiger partial charge is 0.465 e. The Hall–Kier alpha value is -1.65. The first-order valence-electron chi connectivity index (χ1n) is 8.11. The van der Waals surface area contributed by atoms with Crippen LogP contribution in [0.1, 0.15) is 31.1 Å². The number of aromatic nitrogens is 1. The predicted molar refractivity (Wildman–Crippen MR) is 89.6 cm³/mol. The number of pyridine rings is 1. The van der Waals surface area contributed by atoms with Gasteiger partial charge in [0.05, 0.1) is 12.2 Å². The van der Waals surface area contributed by atoms with Gasteiger partial charge in [-0.3, -0.25) is 9.88 Å². The van der Waals surface area contributed by atoms with E-state index in [1.807, 2.05) is 31.3 Å². The van der Waals surface area contributed by atoms with Crippen LogP contribution >= 0.6 is 0 Å². The minimum atomic E-state index is 0.825. The number of aryl methyl sites for hydroxylation is 1. The summed E-state index contributed by atoms with van der Waals surface area (Å²) in [6, 6.07) is 10.2. The van der Waals surface area contributed by atoms with Crippen LogP contribution in [-0.2, 0) is 13.1 Å². The summed E-state index contributed by atoms with van der Waals surface area (Å²) in [6.07, 6.45) is 1.86. The zero-order valence-electron chi connectivity index (χ0n) is 14.0. The van der Waals surface area contributed by atoms with Crippen molar-refractivity contribution in [3.8, 4) is 0 Å². The predicted octanol–water partition coefficient (Wildman–Crippen LogP) is 3.33. The molecule has 2 heterocycles. The Morgan fingerprint density at radius 1 is 0.955 bits per heavy atom. The third kappa shape index (κ3) is 5.28. The lowest BCUT2D eigenvalue weighted by molar-refractivity contribution is 0.189. The van der Waals surface area contributed by atoms with E-state index >= 15 is 0 Å². The second kappa shape index (κ2) is 8.71. The van der Waals surface area contributed by atoms with Crippen LogP contribution in [-0.4, -0.2) is 41.0 Å². The van der Waals surface area contributed by atoms with E-state index in [9.17, 15) is 0 Å². The van der Waals surface area contributed by atoms with Crippen molar-refractivity contribution in [2.75, 3.05) is 26.2 Å². The fourth-order valence-electron chi connectivity index (χ4n) is 2.55. The molecule has 0 unspecified atom stereocenters. The number of furan rings is 1. The minimum absolute atomic E-state index is 0.825. The maximum Gasteiger partial charge on any atom is 0.118 e. The van der Waals surface area contributed by atoms with Gasteiger partial charge < -0.3 is 9.32 Å². The maximum atomic E-state index is 5.74. The summed E-state index contributed by atoms with van der Waals surface area (Å²) in [5, 5.41) is 0. The highest BCUT2D eigenvalue weighted by molar-refractivity contribution is 5.07. The molecule has 0 saturated carbocycles. The maximum absolute atomic E-state index is 5.74. The van der Waals surface area contributed by atoms with Crippen molar-refractivity contribution in [3.63, 3.8) is 0 Å². The lowest BCUT2D eigenvalue weighted by Crippen LogP contribution is -2.34. The molecular formula is C18H27N3O. The van der Waals surface area contributed by atoms with E-state index in [-0.39, 0.29) is 0 Å². The summed E-state index contributed by atoms with van der Waals surface area (Å²) in [5.41, 5.74) is 1.10. The normalized spacial score (nSPS) is 11.5. The standard InChI is InChI=1S/C18H27N3O/c1-4-20(5-2)12-13-21(14-17-8-6-7-11-19-17)15-18-10-9-16(3)22-18/h6-11H,4-5,12-15H2,1-3H3. The van der Waals surface area contributed by atoms with Gasteiger partial charge in [0.1, 0.15) is 11.5 Å². The van der Waals surface area contributed by atoms with E-state index in [0.29, 0.717) is 0 Å². The summed E-state index contributed by atoms with van der Waals surface area (Å²) < 4.78 is 5.74. The lowest BCUT2D eigenvalue weighted by atomic mass is 10.3. The molecule has 2 aromatic heterocycles. The lowest BCUT2D eigenvalue weighted by Gasteiger charge is -2.25. The van der Waals surface area contributed by atoms with E-state index in [2.05, 4.69) is 40.8 Å². The van der Waals surface area contributed by atoms with Crippen LogP contribution in [0.15, 0.2) is 40.9 Å². The van der Waals surface area contributed by atoms with Gasteiger partial charge in [-0.2, -0.15) is 0 Å². The van der Waals surface area contributed by atoms with E-state index in [0.717, 1.165) is 56.5 Å². The quantitative estimate of drug-likeness (QED) is 0.711. The first kappa shape index (κ1) is 16.7. The van der Waals surface area contributed by atoms with Crippen molar-refractivity contribution in [1.82, 2.24) is 14.8 Å². The molecule has 120 valence electrons. The van der Waals surface area contributed by atoms with Crippen molar-refractivity contribution in [2.24, 2.45) is 0 Å². The van der Waals surface area contributed by atoms with Crippen LogP contribution in [0.2, 0.25) is 0 Å². The Bertz CT molecular complexity index is 534. The monoisotopic (exact) mass is 301 g/mol. The Labute approximate surface area is 133 Å². The molecule has 0 radical (unpaired) electrons. The molecule has 0 fully saturated rings. The number of likely N-dealkylation sites (N-methyl/N-ethyl adjacent to an activating group) is 1. The first-order chi connectivity index (χ1) is 10.7. The van der Waals surface area contributed by atoms with Crippen LogP contribution in [0.3, 0.4) is 0 Å². The van der Waals surface area contributed by atoms with Gasteiger partial charge in [-0.05, 0) is 44.3 Å². The van der Waals surface area contributed by atoms with Crippen LogP contribution in [0, 0.1) is 6.92 Å². The van der Waals surface area contributed by atoms with Crippen LogP contribution in [0.25, 0.3) is 0 Å². The number of rotatable bonds is 9. The van der Waals surface area contributed by atoms with E-state index in [1.54, 1.807) is 0 Å². The molecule has 0 N–H and O–H groups in total. The van der Waals surface area contributed by atoms with E-state index in [4.69, 9.17) is 4.42 Å². The molecule has 4 heteroatoms. The average Bonchev–Trinajstić information content (AvgIpc) is 2.94. The molecule has 2 rings (SSSR count). The second-order valence-corrected chi connectivity index (χ2v) is 5.57. The first-order valence-corrected chi connectivity index (χ1v) is 8.11. The Morgan fingerprint density at radius 2 is 1.73 bits per heavy atom. The Kier molecular flexibility index (Phi) is 6.62. The molecule has 0 aliphatic heterocycles. The minimum Gasteiger partial charge on any atom is -0.465 e. The van der Waals surface area contributed by atoms with Crippen LogP contribution in [0.4, 0.5) is 0 Å². The van der Waals surface area contributed by atoms with Gasteiger partial charge in [-0.25, -0.2) is 0 Å². The molecule has 0 amide bonds. The molecule has 0 spiro atoms. The van der Waals surface area contributed by atoms with Gasteiger partial charge in [0.15, 0.2) is 0 Å². The third-order valence-electron chi connectivity index (χ3n) is 3.91. The zero-order chi connectivity index (χ0) is 15.8. The topological polar surface area (TPSA) is 32.5 Å². The summed E-state index contributed by atoms with van der Waals surface area (Å²) in [4.78, 5) is 9.29. The Morgan fingerprint density at radius 3 is 2.32 bits per heavy atom. The molecule has 0 bridgehead atoms. The SMILES string of the molecule is CCN(CC)CCN(Cc1ccccn1)Cc1ccc(C)o1. The summed E-state index contributed by atoms with van der Waals surface area (Å²) in [6.45, 7) is 12.3. The van der Waals surface area contributed by atoms with E-state index in [1.165, 1.54) is 0 Å².